The Bertz CT molecular complexity index is 1230. The van der Waals surface area contributed by atoms with Crippen LogP contribution in [0.4, 0.5) is 10.2 Å². The fourth-order valence-electron chi connectivity index (χ4n) is 3.27. The maximum Gasteiger partial charge on any atom is 0.218 e. The van der Waals surface area contributed by atoms with Gasteiger partial charge in [0.1, 0.15) is 23.0 Å². The Hall–Kier alpha value is -3.60. The van der Waals surface area contributed by atoms with Crippen molar-refractivity contribution in [3.05, 3.63) is 48.2 Å². The molecule has 0 aliphatic heterocycles. The first kappa shape index (κ1) is 18.4. The molecule has 4 aromatic heterocycles. The minimum Gasteiger partial charge on any atom is -0.481 e. The molecule has 0 unspecified atom stereocenters. The summed E-state index contributed by atoms with van der Waals surface area (Å²) in [5.74, 6) is 0.448. The third-order valence-corrected chi connectivity index (χ3v) is 5.11. The normalized spacial score (nSPS) is 15.9. The molecule has 30 heavy (non-hydrogen) atoms. The average molecular weight is 410 g/mol. The Balaban J connectivity index is 1.46. The van der Waals surface area contributed by atoms with Crippen LogP contribution in [0.2, 0.25) is 0 Å². The van der Waals surface area contributed by atoms with E-state index in [0.29, 0.717) is 47.1 Å². The molecule has 154 valence electrons. The maximum absolute atomic E-state index is 13.7. The minimum absolute atomic E-state index is 0.315. The summed E-state index contributed by atoms with van der Waals surface area (Å²) in [6, 6.07) is 4.66. The van der Waals surface area contributed by atoms with Crippen molar-refractivity contribution in [1.82, 2.24) is 34.6 Å². The Morgan fingerprint density at radius 2 is 2.10 bits per heavy atom. The summed E-state index contributed by atoms with van der Waals surface area (Å²) in [5.41, 5.74) is 1.47. The molecule has 0 spiro atoms. The van der Waals surface area contributed by atoms with E-state index in [0.717, 1.165) is 6.20 Å². The zero-order valence-corrected chi connectivity index (χ0v) is 16.3. The van der Waals surface area contributed by atoms with Crippen LogP contribution < -0.4 is 10.1 Å². The van der Waals surface area contributed by atoms with Gasteiger partial charge in [0, 0.05) is 18.4 Å². The summed E-state index contributed by atoms with van der Waals surface area (Å²) in [4.78, 5) is 8.32. The second-order valence-electron chi connectivity index (χ2n) is 7.28. The van der Waals surface area contributed by atoms with E-state index in [1.54, 1.807) is 23.0 Å². The van der Waals surface area contributed by atoms with Crippen molar-refractivity contribution in [1.29, 1.82) is 0 Å². The molecule has 4 aromatic rings. The standard InChI is InChI=1S/C19H19FN8O2/c1-11(13-7-12(20)8-22-18(13)30-2)23-16-3-4-17-21-9-15(28(17)25-16)14-10-27(26-24-14)19(29)5-6-19/h3-4,7-11,29H,5-6H2,1-2H3,(H,23,25)/t11-/m1/s1. The first-order valence-electron chi connectivity index (χ1n) is 9.43. The van der Waals surface area contributed by atoms with Gasteiger partial charge in [-0.1, -0.05) is 5.21 Å². The number of rotatable bonds is 6. The molecule has 11 heteroatoms. The van der Waals surface area contributed by atoms with Gasteiger partial charge in [-0.25, -0.2) is 23.6 Å². The number of imidazole rings is 1. The molecule has 4 heterocycles. The molecule has 1 atom stereocenters. The lowest BCUT2D eigenvalue weighted by atomic mass is 10.1. The molecule has 0 amide bonds. The summed E-state index contributed by atoms with van der Waals surface area (Å²) < 4.78 is 22.0. The predicted molar refractivity (Wildman–Crippen MR) is 104 cm³/mol. The average Bonchev–Trinajstić information content (AvgIpc) is 3.15. The number of aromatic nitrogens is 7. The van der Waals surface area contributed by atoms with Gasteiger partial charge in [-0.05, 0) is 25.1 Å². The fraction of sp³-hybridized carbons (Fsp3) is 0.316. The van der Waals surface area contributed by atoms with Crippen LogP contribution in [0.3, 0.4) is 0 Å². The Kier molecular flexibility index (Phi) is 4.13. The van der Waals surface area contributed by atoms with Gasteiger partial charge in [0.25, 0.3) is 0 Å². The van der Waals surface area contributed by atoms with Crippen LogP contribution in [0.5, 0.6) is 5.88 Å². The van der Waals surface area contributed by atoms with Crippen LogP contribution in [-0.2, 0) is 5.72 Å². The molecular weight excluding hydrogens is 391 g/mol. The first-order chi connectivity index (χ1) is 14.5. The number of anilines is 1. The number of pyridine rings is 1. The van der Waals surface area contributed by atoms with Crippen molar-refractivity contribution >= 4 is 11.5 Å². The topological polar surface area (TPSA) is 115 Å². The maximum atomic E-state index is 13.7. The summed E-state index contributed by atoms with van der Waals surface area (Å²) in [6.07, 6.45) is 5.77. The second kappa shape index (κ2) is 6.73. The van der Waals surface area contributed by atoms with Crippen LogP contribution in [0.25, 0.3) is 17.0 Å². The highest BCUT2D eigenvalue weighted by Gasteiger charge is 2.44. The van der Waals surface area contributed by atoms with Gasteiger partial charge in [-0.15, -0.1) is 10.2 Å². The molecule has 2 N–H and O–H groups in total. The highest BCUT2D eigenvalue weighted by molar-refractivity contribution is 5.59. The van der Waals surface area contributed by atoms with Crippen molar-refractivity contribution < 1.29 is 14.2 Å². The largest absolute Gasteiger partial charge is 0.481 e. The lowest BCUT2D eigenvalue weighted by Gasteiger charge is -2.17. The number of halogens is 1. The van der Waals surface area contributed by atoms with Gasteiger partial charge in [0.15, 0.2) is 11.4 Å². The number of hydrogen-bond acceptors (Lipinski definition) is 8. The van der Waals surface area contributed by atoms with E-state index >= 15 is 0 Å². The number of methoxy groups -OCH3 is 1. The summed E-state index contributed by atoms with van der Waals surface area (Å²) in [5, 5.41) is 26.2. The number of hydrogen-bond donors (Lipinski definition) is 2. The molecule has 0 bridgehead atoms. The van der Waals surface area contributed by atoms with Crippen molar-refractivity contribution in [2.75, 3.05) is 12.4 Å². The molecular formula is C19H19FN8O2. The van der Waals surface area contributed by atoms with E-state index in [4.69, 9.17) is 4.74 Å². The fourth-order valence-corrected chi connectivity index (χ4v) is 3.27. The third-order valence-electron chi connectivity index (χ3n) is 5.11. The van der Waals surface area contributed by atoms with Crippen LogP contribution in [0.1, 0.15) is 31.4 Å². The summed E-state index contributed by atoms with van der Waals surface area (Å²) >= 11 is 0. The quantitative estimate of drug-likeness (QED) is 0.497. The summed E-state index contributed by atoms with van der Waals surface area (Å²) in [6.45, 7) is 1.86. The highest BCUT2D eigenvalue weighted by atomic mass is 19.1. The molecule has 1 fully saturated rings. The van der Waals surface area contributed by atoms with Gasteiger partial charge >= 0.3 is 0 Å². The molecule has 1 saturated carbocycles. The van der Waals surface area contributed by atoms with Gasteiger partial charge in [-0.2, -0.15) is 0 Å². The van der Waals surface area contributed by atoms with Crippen LogP contribution in [0.15, 0.2) is 36.8 Å². The van der Waals surface area contributed by atoms with Crippen molar-refractivity contribution in [3.63, 3.8) is 0 Å². The molecule has 0 aromatic carbocycles. The lowest BCUT2D eigenvalue weighted by molar-refractivity contribution is 0.0582. The molecule has 1 aliphatic rings. The Morgan fingerprint density at radius 3 is 2.87 bits per heavy atom. The molecule has 0 radical (unpaired) electrons. The molecule has 1 aliphatic carbocycles. The van der Waals surface area contributed by atoms with Crippen LogP contribution in [0, 0.1) is 5.82 Å². The monoisotopic (exact) mass is 410 g/mol. The number of nitrogens with zero attached hydrogens (tertiary/aromatic N) is 7. The first-order valence-corrected chi connectivity index (χ1v) is 9.43. The van der Waals surface area contributed by atoms with Gasteiger partial charge in [0.05, 0.1) is 31.7 Å². The molecule has 5 rings (SSSR count). The number of nitrogens with one attached hydrogen (secondary N) is 1. The SMILES string of the molecule is COc1ncc(F)cc1[C@@H](C)Nc1ccc2ncc(-c3cn(C4(O)CC4)nn3)n2n1. The van der Waals surface area contributed by atoms with Crippen LogP contribution >= 0.6 is 0 Å². The molecule has 10 nitrogen and oxygen atoms in total. The van der Waals surface area contributed by atoms with E-state index in [9.17, 15) is 9.50 Å². The van der Waals surface area contributed by atoms with Crippen molar-refractivity contribution in [3.8, 4) is 17.3 Å². The van der Waals surface area contributed by atoms with E-state index < -0.39 is 11.5 Å². The minimum atomic E-state index is -0.931. The number of aliphatic hydroxyl groups is 1. The second-order valence-corrected chi connectivity index (χ2v) is 7.28. The van der Waals surface area contributed by atoms with Crippen molar-refractivity contribution in [2.24, 2.45) is 0 Å². The highest BCUT2D eigenvalue weighted by Crippen LogP contribution is 2.40. The van der Waals surface area contributed by atoms with Gasteiger partial charge in [0.2, 0.25) is 5.88 Å². The van der Waals surface area contributed by atoms with E-state index in [-0.39, 0.29) is 6.04 Å². The van der Waals surface area contributed by atoms with E-state index in [2.05, 4.69) is 30.7 Å². The third kappa shape index (κ3) is 3.12. The predicted octanol–water partition coefficient (Wildman–Crippen LogP) is 2.14. The zero-order chi connectivity index (χ0) is 20.9. The zero-order valence-electron chi connectivity index (χ0n) is 16.3. The smallest absolute Gasteiger partial charge is 0.218 e. The number of fused-ring (bicyclic) bond motifs is 1. The Labute approximate surface area is 170 Å². The summed E-state index contributed by atoms with van der Waals surface area (Å²) in [7, 11) is 1.49. The van der Waals surface area contributed by atoms with E-state index in [1.165, 1.54) is 17.9 Å². The Morgan fingerprint density at radius 1 is 1.27 bits per heavy atom. The molecule has 0 saturated heterocycles. The lowest BCUT2D eigenvalue weighted by Crippen LogP contribution is -2.16. The van der Waals surface area contributed by atoms with Gasteiger partial charge in [-0.3, -0.25) is 0 Å². The van der Waals surface area contributed by atoms with Gasteiger partial charge < -0.3 is 15.2 Å². The number of ether oxygens (including phenoxy) is 1. The van der Waals surface area contributed by atoms with E-state index in [1.807, 2.05) is 13.0 Å². The van der Waals surface area contributed by atoms with Crippen molar-refractivity contribution in [2.45, 2.75) is 31.5 Å². The van der Waals surface area contributed by atoms with Crippen LogP contribution in [-0.4, -0.2) is 46.8 Å².